The molecule has 0 bridgehead atoms. The van der Waals surface area contributed by atoms with Crippen molar-refractivity contribution < 1.29 is 5.11 Å². The van der Waals surface area contributed by atoms with Crippen LogP contribution >= 0.6 is 0 Å². The van der Waals surface area contributed by atoms with Gasteiger partial charge < -0.3 is 5.11 Å². The third-order valence-corrected chi connectivity index (χ3v) is 1.44. The molecule has 0 fully saturated rings. The third kappa shape index (κ3) is 483. The molecule has 1 atom stereocenters. The Labute approximate surface area is 184 Å². The van der Waals surface area contributed by atoms with Gasteiger partial charge in [-0.3, -0.25) is 0 Å². The minimum Gasteiger partial charge on any atom is -0.393 e. The zero-order chi connectivity index (χ0) is 23.7. The van der Waals surface area contributed by atoms with Crippen molar-refractivity contribution in [2.75, 3.05) is 0 Å². The molecule has 180 valence electrons. The molecule has 0 heterocycles. The first-order valence-corrected chi connectivity index (χ1v) is 11.1. The van der Waals surface area contributed by atoms with Gasteiger partial charge in [0.2, 0.25) is 0 Å². The molecule has 28 heavy (non-hydrogen) atoms. The Morgan fingerprint density at radius 2 is 0.571 bits per heavy atom. The molecular weight excluding hydrogens is 340 g/mol. The molecule has 1 unspecified atom stereocenters. The van der Waals surface area contributed by atoms with E-state index in [-0.39, 0.29) is 13.5 Å². The molecule has 1 heteroatoms. The number of aliphatic hydroxyl groups is 1. The summed E-state index contributed by atoms with van der Waals surface area (Å²) in [5.74, 6) is 4.39. The molecule has 0 aromatic heterocycles. The van der Waals surface area contributed by atoms with E-state index >= 15 is 0 Å². The van der Waals surface area contributed by atoms with Crippen molar-refractivity contribution in [3.8, 4) is 0 Å². The topological polar surface area (TPSA) is 20.2 Å². The first-order valence-electron chi connectivity index (χ1n) is 11.1. The van der Waals surface area contributed by atoms with Gasteiger partial charge in [0, 0.05) is 0 Å². The second-order valence-corrected chi connectivity index (χ2v) is 10.4. The van der Waals surface area contributed by atoms with E-state index in [0.29, 0.717) is 11.8 Å². The Kier molecular flexibility index (Phi) is 61.6. The molecule has 1 nitrogen and oxygen atoms in total. The highest BCUT2D eigenvalue weighted by atomic mass is 16.3. The fourth-order valence-corrected chi connectivity index (χ4v) is 0. The van der Waals surface area contributed by atoms with Crippen LogP contribution in [0.15, 0.2) is 12.7 Å². The minimum absolute atomic E-state index is 0. The molecule has 0 aromatic carbocycles. The number of hydrogen-bond acceptors (Lipinski definition) is 1. The quantitative estimate of drug-likeness (QED) is 0.452. The van der Waals surface area contributed by atoms with E-state index in [4.69, 9.17) is 5.11 Å². The van der Waals surface area contributed by atoms with Crippen molar-refractivity contribution >= 4 is 0 Å². The molecule has 0 aliphatic carbocycles. The minimum atomic E-state index is -0.148. The zero-order valence-electron chi connectivity index (χ0n) is 22.8. The summed E-state index contributed by atoms with van der Waals surface area (Å²) >= 11 is 0. The number of aliphatic hydroxyl groups excluding tert-OH is 1. The van der Waals surface area contributed by atoms with Gasteiger partial charge in [-0.15, -0.1) is 6.58 Å². The average Bonchev–Trinajstić information content (AvgIpc) is 2.36. The van der Waals surface area contributed by atoms with Crippen LogP contribution in [-0.2, 0) is 0 Å². The van der Waals surface area contributed by atoms with Crippen LogP contribution in [0.3, 0.4) is 0 Å². The standard InChI is InChI=1S/C5H12O.C5H10.4C4H10.CH4/c1-4(2)5(3)6;1-4-5(2)3;4*1-4(2)3;/h4-6H,1-3H3;4-5H,1H2,2-3H3;4*4H,1-3H3;1H4. The molecule has 0 amide bonds. The fraction of sp³-hybridized carbons (Fsp3) is 0.926. The van der Waals surface area contributed by atoms with Gasteiger partial charge in [-0.1, -0.05) is 124 Å². The first-order chi connectivity index (χ1) is 11.8. The maximum absolute atomic E-state index is 8.63. The van der Waals surface area contributed by atoms with E-state index < -0.39 is 0 Å². The molecule has 0 rings (SSSR count). The lowest BCUT2D eigenvalue weighted by Crippen LogP contribution is -2.07. The maximum Gasteiger partial charge on any atom is 0.0535 e. The Bertz CT molecular complexity index is 169. The van der Waals surface area contributed by atoms with Gasteiger partial charge in [0.15, 0.2) is 0 Å². The molecular formula is C27H66O. The lowest BCUT2D eigenvalue weighted by atomic mass is 10.1. The van der Waals surface area contributed by atoms with E-state index in [2.05, 4.69) is 104 Å². The predicted octanol–water partition coefficient (Wildman–Crippen LogP) is 10.1. The summed E-state index contributed by atoms with van der Waals surface area (Å²) in [4.78, 5) is 0. The molecule has 0 aliphatic heterocycles. The Hall–Kier alpha value is -0.300. The van der Waals surface area contributed by atoms with Gasteiger partial charge >= 0.3 is 0 Å². The molecule has 0 radical (unpaired) electrons. The highest BCUT2D eigenvalue weighted by molar-refractivity contribution is 4.69. The monoisotopic (exact) mass is 407 g/mol. The van der Waals surface area contributed by atoms with Gasteiger partial charge in [-0.25, -0.2) is 0 Å². The Morgan fingerprint density at radius 3 is 0.571 bits per heavy atom. The normalized spacial score (nSPS) is 10.0. The van der Waals surface area contributed by atoms with Crippen LogP contribution < -0.4 is 0 Å². The van der Waals surface area contributed by atoms with Crippen LogP contribution in [-0.4, -0.2) is 11.2 Å². The van der Waals surface area contributed by atoms with E-state index in [1.165, 1.54) is 0 Å². The molecule has 0 saturated carbocycles. The van der Waals surface area contributed by atoms with Crippen LogP contribution in [0.2, 0.25) is 0 Å². The summed E-state index contributed by atoms with van der Waals surface area (Å²) in [7, 11) is 0. The molecule has 1 N–H and O–H groups in total. The molecule has 0 saturated heterocycles. The van der Waals surface area contributed by atoms with Crippen LogP contribution in [0, 0.1) is 35.5 Å². The second kappa shape index (κ2) is 37.5. The number of allylic oxidation sites excluding steroid dienone is 1. The highest BCUT2D eigenvalue weighted by Gasteiger charge is 1.97. The summed E-state index contributed by atoms with van der Waals surface area (Å²) < 4.78 is 0. The van der Waals surface area contributed by atoms with Crippen molar-refractivity contribution in [1.82, 2.24) is 0 Å². The highest BCUT2D eigenvalue weighted by Crippen LogP contribution is 1.96. The predicted molar refractivity (Wildman–Crippen MR) is 140 cm³/mol. The van der Waals surface area contributed by atoms with Crippen LogP contribution in [0.1, 0.15) is 125 Å². The summed E-state index contributed by atoms with van der Waals surface area (Å²) in [5, 5.41) is 8.63. The number of hydrogen-bond donors (Lipinski definition) is 1. The second-order valence-electron chi connectivity index (χ2n) is 10.4. The van der Waals surface area contributed by atoms with Gasteiger partial charge in [-0.2, -0.15) is 0 Å². The van der Waals surface area contributed by atoms with E-state index in [1.54, 1.807) is 6.92 Å². The Balaban J connectivity index is -0.0000000378. The zero-order valence-corrected chi connectivity index (χ0v) is 22.8. The molecule has 0 spiro atoms. The molecule has 0 aliphatic rings. The third-order valence-electron chi connectivity index (χ3n) is 1.44. The Morgan fingerprint density at radius 1 is 0.500 bits per heavy atom. The summed E-state index contributed by atoms with van der Waals surface area (Å²) in [5.41, 5.74) is 0. The van der Waals surface area contributed by atoms with E-state index in [0.717, 1.165) is 23.7 Å². The lowest BCUT2D eigenvalue weighted by Gasteiger charge is -2.04. The van der Waals surface area contributed by atoms with E-state index in [9.17, 15) is 0 Å². The lowest BCUT2D eigenvalue weighted by molar-refractivity contribution is 0.144. The average molecular weight is 407 g/mol. The van der Waals surface area contributed by atoms with Gasteiger partial charge in [0.1, 0.15) is 0 Å². The van der Waals surface area contributed by atoms with Gasteiger partial charge in [0.25, 0.3) is 0 Å². The first kappa shape index (κ1) is 46.1. The number of rotatable bonds is 2. The fourth-order valence-electron chi connectivity index (χ4n) is 0. The largest absolute Gasteiger partial charge is 0.393 e. The van der Waals surface area contributed by atoms with Crippen molar-refractivity contribution in [3.05, 3.63) is 12.7 Å². The van der Waals surface area contributed by atoms with Crippen molar-refractivity contribution in [2.45, 2.75) is 131 Å². The summed E-state index contributed by atoms with van der Waals surface area (Å²) in [6, 6.07) is 0. The summed E-state index contributed by atoms with van der Waals surface area (Å²) in [6.07, 6.45) is 1.77. The van der Waals surface area contributed by atoms with Crippen molar-refractivity contribution in [1.29, 1.82) is 0 Å². The van der Waals surface area contributed by atoms with Gasteiger partial charge in [-0.05, 0) is 42.4 Å². The molecule has 0 aromatic rings. The van der Waals surface area contributed by atoms with E-state index in [1.807, 2.05) is 19.9 Å². The van der Waals surface area contributed by atoms with Crippen LogP contribution in [0.4, 0.5) is 0 Å². The van der Waals surface area contributed by atoms with Crippen molar-refractivity contribution in [3.63, 3.8) is 0 Å². The SMILES string of the molecule is C.C=CC(C)C.CC(C)C.CC(C)C.CC(C)C.CC(C)C.CC(C)C(C)O. The van der Waals surface area contributed by atoms with Crippen LogP contribution in [0.5, 0.6) is 0 Å². The van der Waals surface area contributed by atoms with Crippen molar-refractivity contribution in [2.24, 2.45) is 35.5 Å². The van der Waals surface area contributed by atoms with Gasteiger partial charge in [0.05, 0.1) is 6.10 Å². The maximum atomic E-state index is 8.63. The van der Waals surface area contributed by atoms with Crippen LogP contribution in [0.25, 0.3) is 0 Å². The summed E-state index contributed by atoms with van der Waals surface area (Å²) in [6.45, 7) is 39.5. The smallest absolute Gasteiger partial charge is 0.0535 e.